The number of carbonyl (C=O) groups excluding carboxylic acids is 1. The van der Waals surface area contributed by atoms with E-state index in [0.29, 0.717) is 11.5 Å². The number of anilines is 3. The number of pyridine rings is 1. The van der Waals surface area contributed by atoms with Gasteiger partial charge in [-0.1, -0.05) is 35.9 Å². The Morgan fingerprint density at radius 2 is 1.76 bits per heavy atom. The molecule has 0 fully saturated rings. The minimum Gasteiger partial charge on any atom is -0.325 e. The van der Waals surface area contributed by atoms with E-state index in [-0.39, 0.29) is 18.1 Å². The third kappa shape index (κ3) is 3.85. The second-order valence-electron chi connectivity index (χ2n) is 6.76. The lowest BCUT2D eigenvalue weighted by molar-refractivity contribution is -0.116. The van der Waals surface area contributed by atoms with Crippen LogP contribution in [0.1, 0.15) is 5.56 Å². The van der Waals surface area contributed by atoms with Gasteiger partial charge in [-0.15, -0.1) is 0 Å². The average molecular weight is 408 g/mol. The summed E-state index contributed by atoms with van der Waals surface area (Å²) in [6, 6.07) is 19.8. The van der Waals surface area contributed by atoms with Crippen LogP contribution in [0.4, 0.5) is 17.2 Å². The monoisotopic (exact) mass is 408 g/mol. The molecule has 1 N–H and O–H groups in total. The zero-order valence-electron chi connectivity index (χ0n) is 15.8. The fraction of sp³-hybridized carbons (Fsp3) is 0.143. The van der Waals surface area contributed by atoms with Crippen LogP contribution in [0.15, 0.2) is 77.8 Å². The number of rotatable bonds is 4. The number of amides is 1. The van der Waals surface area contributed by atoms with Crippen molar-refractivity contribution >= 4 is 33.1 Å². The zero-order valence-corrected chi connectivity index (χ0v) is 16.6. The molecule has 0 unspecified atom stereocenters. The van der Waals surface area contributed by atoms with Crippen molar-refractivity contribution in [2.75, 3.05) is 23.4 Å². The summed E-state index contributed by atoms with van der Waals surface area (Å²) >= 11 is 0. The lowest BCUT2D eigenvalue weighted by Crippen LogP contribution is -2.47. The molecule has 7 nitrogen and oxygen atoms in total. The minimum atomic E-state index is -3.85. The fourth-order valence-electron chi connectivity index (χ4n) is 3.17. The quantitative estimate of drug-likeness (QED) is 0.717. The summed E-state index contributed by atoms with van der Waals surface area (Å²) in [6.45, 7) is 1.65. The van der Waals surface area contributed by atoms with Gasteiger partial charge in [-0.2, -0.15) is 4.31 Å². The molecular formula is C21H20N4O3S. The van der Waals surface area contributed by atoms with Crippen molar-refractivity contribution < 1.29 is 13.2 Å². The Balaban J connectivity index is 1.63. The second-order valence-corrected chi connectivity index (χ2v) is 8.67. The van der Waals surface area contributed by atoms with Crippen LogP contribution in [0.5, 0.6) is 0 Å². The Morgan fingerprint density at radius 1 is 1.03 bits per heavy atom. The Morgan fingerprint density at radius 3 is 2.48 bits per heavy atom. The van der Waals surface area contributed by atoms with Gasteiger partial charge in [-0.05, 0) is 43.3 Å². The predicted octanol–water partition coefficient (Wildman–Crippen LogP) is 3.13. The van der Waals surface area contributed by atoms with Gasteiger partial charge in [-0.25, -0.2) is 13.4 Å². The SMILES string of the molecule is Cc1ccc(NC(=O)CN2CN(c3ccccc3)c3ncccc3S2(=O)=O)cc1. The van der Waals surface area contributed by atoms with Crippen molar-refractivity contribution in [2.45, 2.75) is 11.8 Å². The van der Waals surface area contributed by atoms with E-state index in [1.165, 1.54) is 6.07 Å². The summed E-state index contributed by atoms with van der Waals surface area (Å²) < 4.78 is 27.3. The van der Waals surface area contributed by atoms with Crippen LogP contribution in [0.2, 0.25) is 0 Å². The predicted molar refractivity (Wildman–Crippen MR) is 111 cm³/mol. The summed E-state index contributed by atoms with van der Waals surface area (Å²) in [5, 5.41) is 2.75. The van der Waals surface area contributed by atoms with E-state index in [1.807, 2.05) is 49.4 Å². The smallest absolute Gasteiger partial charge is 0.248 e. The van der Waals surface area contributed by atoms with E-state index in [2.05, 4.69) is 10.3 Å². The highest BCUT2D eigenvalue weighted by molar-refractivity contribution is 7.89. The third-order valence-electron chi connectivity index (χ3n) is 4.65. The van der Waals surface area contributed by atoms with E-state index in [0.717, 1.165) is 15.6 Å². The molecule has 1 aliphatic rings. The van der Waals surface area contributed by atoms with Gasteiger partial charge in [0.1, 0.15) is 4.90 Å². The number of nitrogens with one attached hydrogen (secondary N) is 1. The Kier molecular flexibility index (Phi) is 5.04. The molecule has 0 aliphatic carbocycles. The van der Waals surface area contributed by atoms with Crippen LogP contribution in [-0.4, -0.2) is 36.8 Å². The number of nitrogens with zero attached hydrogens (tertiary/aromatic N) is 3. The molecule has 148 valence electrons. The number of aryl methyl sites for hydroxylation is 1. The molecule has 0 saturated carbocycles. The molecule has 3 aromatic rings. The highest BCUT2D eigenvalue weighted by atomic mass is 32.2. The third-order valence-corrected chi connectivity index (χ3v) is 6.45. The molecular weight excluding hydrogens is 388 g/mol. The first-order chi connectivity index (χ1) is 13.9. The van der Waals surface area contributed by atoms with E-state index in [9.17, 15) is 13.2 Å². The molecule has 0 spiro atoms. The first-order valence-corrected chi connectivity index (χ1v) is 10.5. The van der Waals surface area contributed by atoms with E-state index >= 15 is 0 Å². The van der Waals surface area contributed by atoms with Crippen molar-refractivity contribution in [1.29, 1.82) is 0 Å². The largest absolute Gasteiger partial charge is 0.325 e. The molecule has 2 heterocycles. The Bertz CT molecular complexity index is 1130. The molecule has 4 rings (SSSR count). The number of hydrogen-bond donors (Lipinski definition) is 1. The van der Waals surface area contributed by atoms with E-state index in [4.69, 9.17) is 0 Å². The first-order valence-electron chi connectivity index (χ1n) is 9.09. The standard InChI is InChI=1S/C21H20N4O3S/c1-16-9-11-17(12-10-16)23-20(26)14-24-15-25(18-6-3-2-4-7-18)21-19(29(24,27)28)8-5-13-22-21/h2-13H,14-15H2,1H3,(H,23,26). The van der Waals surface area contributed by atoms with Gasteiger partial charge < -0.3 is 10.2 Å². The van der Waals surface area contributed by atoms with Crippen LogP contribution in [0.25, 0.3) is 0 Å². The minimum absolute atomic E-state index is 0.00230. The Labute approximate surface area is 169 Å². The van der Waals surface area contributed by atoms with Crippen molar-refractivity contribution in [3.63, 3.8) is 0 Å². The lowest BCUT2D eigenvalue weighted by atomic mass is 10.2. The lowest BCUT2D eigenvalue weighted by Gasteiger charge is -2.36. The maximum Gasteiger partial charge on any atom is 0.248 e. The highest BCUT2D eigenvalue weighted by Crippen LogP contribution is 2.35. The first kappa shape index (κ1) is 19.1. The maximum absolute atomic E-state index is 13.1. The van der Waals surface area contributed by atoms with Gasteiger partial charge in [0.05, 0.1) is 13.2 Å². The van der Waals surface area contributed by atoms with Gasteiger partial charge in [-0.3, -0.25) is 4.79 Å². The summed E-state index contributed by atoms with van der Waals surface area (Å²) in [6.07, 6.45) is 1.56. The fourth-order valence-corrected chi connectivity index (χ4v) is 4.65. The summed E-state index contributed by atoms with van der Waals surface area (Å²) in [7, 11) is -3.85. The number of para-hydroxylation sites is 1. The summed E-state index contributed by atoms with van der Waals surface area (Å²) in [5.41, 5.74) is 2.49. The van der Waals surface area contributed by atoms with Crippen molar-refractivity contribution in [3.05, 3.63) is 78.5 Å². The molecule has 8 heteroatoms. The topological polar surface area (TPSA) is 82.6 Å². The summed E-state index contributed by atoms with van der Waals surface area (Å²) in [5.74, 6) is -0.0494. The molecule has 0 saturated heterocycles. The molecule has 0 bridgehead atoms. The van der Waals surface area contributed by atoms with E-state index in [1.54, 1.807) is 29.3 Å². The van der Waals surface area contributed by atoms with Crippen LogP contribution >= 0.6 is 0 Å². The number of fused-ring (bicyclic) bond motifs is 1. The van der Waals surface area contributed by atoms with Crippen molar-refractivity contribution in [2.24, 2.45) is 0 Å². The van der Waals surface area contributed by atoms with Crippen LogP contribution in [0.3, 0.4) is 0 Å². The molecule has 2 aromatic carbocycles. The van der Waals surface area contributed by atoms with Gasteiger partial charge >= 0.3 is 0 Å². The number of aromatic nitrogens is 1. The summed E-state index contributed by atoms with van der Waals surface area (Å²) in [4.78, 5) is 18.7. The average Bonchev–Trinajstić information content (AvgIpc) is 2.73. The maximum atomic E-state index is 13.1. The molecule has 1 aliphatic heterocycles. The van der Waals surface area contributed by atoms with Crippen LogP contribution in [-0.2, 0) is 14.8 Å². The number of carbonyl (C=O) groups is 1. The molecule has 1 amide bonds. The van der Waals surface area contributed by atoms with Gasteiger partial charge in [0.15, 0.2) is 5.82 Å². The van der Waals surface area contributed by atoms with Crippen LogP contribution < -0.4 is 10.2 Å². The molecule has 0 atom stereocenters. The van der Waals surface area contributed by atoms with Gasteiger partial charge in [0, 0.05) is 17.6 Å². The molecule has 29 heavy (non-hydrogen) atoms. The van der Waals surface area contributed by atoms with Crippen molar-refractivity contribution in [3.8, 4) is 0 Å². The number of sulfonamides is 1. The molecule has 0 radical (unpaired) electrons. The highest BCUT2D eigenvalue weighted by Gasteiger charge is 2.37. The number of benzene rings is 2. The second kappa shape index (κ2) is 7.65. The normalized spacial score (nSPS) is 15.6. The number of hydrogen-bond acceptors (Lipinski definition) is 5. The molecule has 1 aromatic heterocycles. The Hall–Kier alpha value is -3.23. The van der Waals surface area contributed by atoms with Crippen LogP contribution in [0, 0.1) is 6.92 Å². The zero-order chi connectivity index (χ0) is 20.4. The van der Waals surface area contributed by atoms with Gasteiger partial charge in [0.25, 0.3) is 0 Å². The van der Waals surface area contributed by atoms with Gasteiger partial charge in [0.2, 0.25) is 15.9 Å². The van der Waals surface area contributed by atoms with Crippen molar-refractivity contribution in [1.82, 2.24) is 9.29 Å². The van der Waals surface area contributed by atoms with E-state index < -0.39 is 15.9 Å².